The van der Waals surface area contributed by atoms with E-state index in [1.807, 2.05) is 19.1 Å². The summed E-state index contributed by atoms with van der Waals surface area (Å²) in [7, 11) is 1.54. The number of benzene rings is 1. The maximum absolute atomic E-state index is 9.87. The van der Waals surface area contributed by atoms with Crippen LogP contribution in [0.3, 0.4) is 0 Å². The standard InChI is InChI=1S/C11H15BrO3/c1-7-3-4-10(15-2)8(5-7)11(14)9(13)6-12/h3-5,9,11,13-14H,6H2,1-2H3. The molecule has 1 aromatic carbocycles. The van der Waals surface area contributed by atoms with Gasteiger partial charge < -0.3 is 14.9 Å². The van der Waals surface area contributed by atoms with Gasteiger partial charge in [0.2, 0.25) is 0 Å². The summed E-state index contributed by atoms with van der Waals surface area (Å²) in [6.07, 6.45) is -1.76. The molecule has 0 amide bonds. The minimum absolute atomic E-state index is 0.325. The smallest absolute Gasteiger partial charge is 0.124 e. The first-order chi connectivity index (χ1) is 7.10. The lowest BCUT2D eigenvalue weighted by Gasteiger charge is -2.19. The molecule has 0 saturated carbocycles. The number of halogens is 1. The molecule has 0 spiro atoms. The van der Waals surface area contributed by atoms with Crippen LogP contribution in [0, 0.1) is 6.92 Å². The van der Waals surface area contributed by atoms with E-state index in [9.17, 15) is 10.2 Å². The zero-order chi connectivity index (χ0) is 11.4. The highest BCUT2D eigenvalue weighted by atomic mass is 79.9. The molecule has 0 radical (unpaired) electrons. The molecule has 0 saturated heterocycles. The van der Waals surface area contributed by atoms with Crippen molar-refractivity contribution in [1.82, 2.24) is 0 Å². The molecule has 0 aromatic heterocycles. The lowest BCUT2D eigenvalue weighted by atomic mass is 10.0. The van der Waals surface area contributed by atoms with Crippen LogP contribution >= 0.6 is 15.9 Å². The lowest BCUT2D eigenvalue weighted by molar-refractivity contribution is 0.0327. The van der Waals surface area contributed by atoms with E-state index in [0.29, 0.717) is 16.6 Å². The van der Waals surface area contributed by atoms with Gasteiger partial charge in [0, 0.05) is 10.9 Å². The summed E-state index contributed by atoms with van der Waals surface area (Å²) in [6.45, 7) is 1.93. The lowest BCUT2D eigenvalue weighted by Crippen LogP contribution is -2.20. The molecule has 0 aliphatic heterocycles. The molecule has 3 nitrogen and oxygen atoms in total. The van der Waals surface area contributed by atoms with Crippen LogP contribution in [0.2, 0.25) is 0 Å². The second kappa shape index (κ2) is 5.49. The predicted molar refractivity (Wildman–Crippen MR) is 62.5 cm³/mol. The Balaban J connectivity index is 3.05. The molecule has 0 heterocycles. The maximum atomic E-state index is 9.87. The molecule has 1 rings (SSSR count). The predicted octanol–water partition coefficient (Wildman–Crippen LogP) is 1.79. The van der Waals surface area contributed by atoms with Crippen LogP contribution in [-0.2, 0) is 0 Å². The van der Waals surface area contributed by atoms with E-state index in [4.69, 9.17) is 4.74 Å². The molecule has 0 aliphatic rings. The van der Waals surface area contributed by atoms with Gasteiger partial charge in [-0.1, -0.05) is 27.6 Å². The molecule has 84 valence electrons. The minimum Gasteiger partial charge on any atom is -0.496 e. The first kappa shape index (κ1) is 12.5. The normalized spacial score (nSPS) is 14.7. The topological polar surface area (TPSA) is 49.7 Å². The number of alkyl halides is 1. The summed E-state index contributed by atoms with van der Waals surface area (Å²) in [6, 6.07) is 5.50. The number of methoxy groups -OCH3 is 1. The Hall–Kier alpha value is -0.580. The summed E-state index contributed by atoms with van der Waals surface area (Å²) < 4.78 is 5.13. The van der Waals surface area contributed by atoms with E-state index in [0.717, 1.165) is 5.56 Å². The van der Waals surface area contributed by atoms with Crippen LogP contribution in [0.1, 0.15) is 17.2 Å². The van der Waals surface area contributed by atoms with Crippen LogP contribution in [-0.4, -0.2) is 28.8 Å². The van der Waals surface area contributed by atoms with Gasteiger partial charge in [0.1, 0.15) is 11.9 Å². The highest BCUT2D eigenvalue weighted by Gasteiger charge is 2.20. The number of aliphatic hydroxyl groups is 2. The van der Waals surface area contributed by atoms with E-state index >= 15 is 0 Å². The molecule has 0 bridgehead atoms. The Labute approximate surface area is 97.8 Å². The summed E-state index contributed by atoms with van der Waals surface area (Å²) in [4.78, 5) is 0. The minimum atomic E-state index is -0.931. The number of rotatable bonds is 4. The molecule has 2 N–H and O–H groups in total. The van der Waals surface area contributed by atoms with E-state index in [2.05, 4.69) is 15.9 Å². The fourth-order valence-corrected chi connectivity index (χ4v) is 1.73. The first-order valence-corrected chi connectivity index (χ1v) is 5.79. The van der Waals surface area contributed by atoms with E-state index < -0.39 is 12.2 Å². The monoisotopic (exact) mass is 274 g/mol. The van der Waals surface area contributed by atoms with Gasteiger partial charge in [-0.3, -0.25) is 0 Å². The maximum Gasteiger partial charge on any atom is 0.124 e. The Bertz CT molecular complexity index is 328. The van der Waals surface area contributed by atoms with Crippen LogP contribution in [0.5, 0.6) is 5.75 Å². The average molecular weight is 275 g/mol. The third-order valence-corrected chi connectivity index (χ3v) is 2.89. The van der Waals surface area contributed by atoms with Crippen molar-refractivity contribution < 1.29 is 14.9 Å². The second-order valence-corrected chi connectivity index (χ2v) is 4.06. The van der Waals surface area contributed by atoms with Gasteiger partial charge in [-0.05, 0) is 19.1 Å². The van der Waals surface area contributed by atoms with Crippen molar-refractivity contribution in [2.75, 3.05) is 12.4 Å². The fraction of sp³-hybridized carbons (Fsp3) is 0.455. The molecule has 0 fully saturated rings. The Kier molecular flexibility index (Phi) is 4.57. The van der Waals surface area contributed by atoms with Gasteiger partial charge >= 0.3 is 0 Å². The van der Waals surface area contributed by atoms with Crippen molar-refractivity contribution >= 4 is 15.9 Å². The Morgan fingerprint density at radius 1 is 1.40 bits per heavy atom. The fourth-order valence-electron chi connectivity index (χ4n) is 1.38. The third-order valence-electron chi connectivity index (χ3n) is 2.23. The third kappa shape index (κ3) is 2.93. The van der Waals surface area contributed by atoms with E-state index in [-0.39, 0.29) is 0 Å². The number of ether oxygens (including phenoxy) is 1. The van der Waals surface area contributed by atoms with Crippen molar-refractivity contribution in [3.63, 3.8) is 0 Å². The van der Waals surface area contributed by atoms with Gasteiger partial charge in [0.15, 0.2) is 0 Å². The van der Waals surface area contributed by atoms with Gasteiger partial charge in [-0.25, -0.2) is 0 Å². The molecular formula is C11H15BrO3. The molecule has 4 heteroatoms. The summed E-state index contributed by atoms with van der Waals surface area (Å²) in [5.41, 5.74) is 1.64. The molecule has 1 aromatic rings. The molecule has 2 atom stereocenters. The SMILES string of the molecule is COc1ccc(C)cc1C(O)C(O)CBr. The number of hydrogen-bond donors (Lipinski definition) is 2. The van der Waals surface area contributed by atoms with Crippen molar-refractivity contribution in [2.24, 2.45) is 0 Å². The second-order valence-electron chi connectivity index (χ2n) is 3.41. The number of hydrogen-bond acceptors (Lipinski definition) is 3. The average Bonchev–Trinajstić information content (AvgIpc) is 2.27. The van der Waals surface area contributed by atoms with Gasteiger partial charge in [0.25, 0.3) is 0 Å². The molecule has 15 heavy (non-hydrogen) atoms. The highest BCUT2D eigenvalue weighted by molar-refractivity contribution is 9.09. The van der Waals surface area contributed by atoms with Crippen LogP contribution in [0.4, 0.5) is 0 Å². The van der Waals surface area contributed by atoms with Crippen LogP contribution in [0.25, 0.3) is 0 Å². The first-order valence-electron chi connectivity index (χ1n) is 4.66. The largest absolute Gasteiger partial charge is 0.496 e. The van der Waals surface area contributed by atoms with Gasteiger partial charge in [-0.2, -0.15) is 0 Å². The Morgan fingerprint density at radius 3 is 2.60 bits per heavy atom. The molecule has 0 aliphatic carbocycles. The zero-order valence-corrected chi connectivity index (χ0v) is 10.4. The zero-order valence-electron chi connectivity index (χ0n) is 8.77. The quantitative estimate of drug-likeness (QED) is 0.824. The number of aliphatic hydroxyl groups excluding tert-OH is 2. The highest BCUT2D eigenvalue weighted by Crippen LogP contribution is 2.28. The summed E-state index contributed by atoms with van der Waals surface area (Å²) in [5, 5.41) is 19.7. The van der Waals surface area contributed by atoms with Crippen LogP contribution < -0.4 is 4.74 Å². The molecular weight excluding hydrogens is 260 g/mol. The van der Waals surface area contributed by atoms with Crippen molar-refractivity contribution in [3.8, 4) is 5.75 Å². The van der Waals surface area contributed by atoms with Crippen molar-refractivity contribution in [3.05, 3.63) is 29.3 Å². The van der Waals surface area contributed by atoms with Gasteiger partial charge in [0.05, 0.1) is 13.2 Å². The van der Waals surface area contributed by atoms with E-state index in [1.54, 1.807) is 13.2 Å². The Morgan fingerprint density at radius 2 is 2.07 bits per heavy atom. The summed E-state index contributed by atoms with van der Waals surface area (Å²) in [5.74, 6) is 0.591. The van der Waals surface area contributed by atoms with Crippen molar-refractivity contribution in [2.45, 2.75) is 19.1 Å². The van der Waals surface area contributed by atoms with Gasteiger partial charge in [-0.15, -0.1) is 0 Å². The van der Waals surface area contributed by atoms with Crippen molar-refractivity contribution in [1.29, 1.82) is 0 Å². The van der Waals surface area contributed by atoms with E-state index in [1.165, 1.54) is 0 Å². The number of aryl methyl sites for hydroxylation is 1. The van der Waals surface area contributed by atoms with Crippen LogP contribution in [0.15, 0.2) is 18.2 Å². The molecule has 2 unspecified atom stereocenters. The summed E-state index contributed by atoms with van der Waals surface area (Å²) >= 11 is 3.13.